The fourth-order valence-corrected chi connectivity index (χ4v) is 0.0833. The molecule has 0 aromatic heterocycles. The van der Waals surface area contributed by atoms with Gasteiger partial charge in [-0.3, -0.25) is 0 Å². The van der Waals surface area contributed by atoms with Crippen LogP contribution >= 0.6 is 0 Å². The number of carbonyl (C=O) groups excluding carboxylic acids is 1. The Morgan fingerprint density at radius 1 is 1.67 bits per heavy atom. The minimum atomic E-state index is 0. The zero-order chi connectivity index (χ0) is 6.83. The maximum absolute atomic E-state index is 9.36. The van der Waals surface area contributed by atoms with Crippen molar-refractivity contribution in [3.8, 4) is 0 Å². The number of unbranched alkanes of at least 4 members (excludes halogenated alkanes) is 1. The zero-order valence-corrected chi connectivity index (χ0v) is 8.94. The van der Waals surface area contributed by atoms with Gasteiger partial charge in [0, 0.05) is 26.1 Å². The van der Waals surface area contributed by atoms with E-state index in [-0.39, 0.29) is 26.1 Å². The first-order valence-electron chi connectivity index (χ1n) is 2.67. The second-order valence-electron chi connectivity index (χ2n) is 1.13. The van der Waals surface area contributed by atoms with Crippen LogP contribution in [0.4, 0.5) is 0 Å². The fourth-order valence-electron chi connectivity index (χ4n) is 0.0833. The minimum Gasteiger partial charge on any atom is -0.397 e. The fraction of sp³-hybridized carbons (Fsp3) is 0.667. The van der Waals surface area contributed by atoms with Gasteiger partial charge in [-0.05, 0) is 13.3 Å². The summed E-state index contributed by atoms with van der Waals surface area (Å²) in [5.41, 5.74) is 0. The molecule has 2 nitrogen and oxygen atoms in total. The van der Waals surface area contributed by atoms with Gasteiger partial charge >= 0.3 is 0 Å². The maximum Gasteiger partial charge on any atom is 0.117 e. The molecular weight excluding hydrogens is 169 g/mol. The number of aliphatic hydroxyl groups is 1. The van der Waals surface area contributed by atoms with Gasteiger partial charge in [0.25, 0.3) is 0 Å². The van der Waals surface area contributed by atoms with Crippen LogP contribution < -0.4 is 0 Å². The number of aliphatic hydroxyl groups excluding tert-OH is 1. The van der Waals surface area contributed by atoms with E-state index in [1.165, 1.54) is 0 Å². The van der Waals surface area contributed by atoms with E-state index in [4.69, 9.17) is 5.11 Å². The summed E-state index contributed by atoms with van der Waals surface area (Å²) in [6, 6.07) is 0. The van der Waals surface area contributed by atoms with E-state index in [1.807, 2.05) is 0 Å². The Morgan fingerprint density at radius 2 is 2.00 bits per heavy atom. The average Bonchev–Trinajstić information content (AvgIpc) is 1.71. The monoisotopic (exact) mass is 181 g/mol. The van der Waals surface area contributed by atoms with Gasteiger partial charge in [0.1, 0.15) is 6.29 Å². The van der Waals surface area contributed by atoms with Gasteiger partial charge in [-0.2, -0.15) is 6.42 Å². The molecule has 0 aliphatic carbocycles. The first-order chi connectivity index (χ1) is 3.83. The van der Waals surface area contributed by atoms with E-state index in [9.17, 15) is 4.79 Å². The van der Waals surface area contributed by atoms with Crippen LogP contribution in [0.3, 0.4) is 0 Å². The molecule has 3 heteroatoms. The first-order valence-corrected chi connectivity index (χ1v) is 2.67. The van der Waals surface area contributed by atoms with Crippen molar-refractivity contribution >= 4 is 6.29 Å². The number of carbonyl (C=O) groups is 1. The molecule has 0 amide bonds. The van der Waals surface area contributed by atoms with Gasteiger partial charge < -0.3 is 16.8 Å². The van der Waals surface area contributed by atoms with Gasteiger partial charge in [-0.15, -0.1) is 0 Å². The molecule has 1 N–H and O–H groups in total. The largest absolute Gasteiger partial charge is 0.397 e. The molecule has 0 saturated heterocycles. The van der Waals surface area contributed by atoms with Crippen molar-refractivity contribution in [2.75, 3.05) is 6.61 Å². The molecule has 0 saturated carbocycles. The number of aldehydes is 1. The van der Waals surface area contributed by atoms with Crippen LogP contribution in [-0.2, 0) is 24.3 Å². The SMILES string of the molecule is CCO.[CH2-]CCC=O.[Zn]. The van der Waals surface area contributed by atoms with Gasteiger partial charge in [0.2, 0.25) is 0 Å². The summed E-state index contributed by atoms with van der Waals surface area (Å²) in [5, 5.41) is 7.57. The van der Waals surface area contributed by atoms with Crippen LogP contribution in [0.1, 0.15) is 19.8 Å². The van der Waals surface area contributed by atoms with Crippen LogP contribution in [0.25, 0.3) is 0 Å². The van der Waals surface area contributed by atoms with Crippen molar-refractivity contribution in [2.45, 2.75) is 19.8 Å². The summed E-state index contributed by atoms with van der Waals surface area (Å²) in [4.78, 5) is 9.36. The third-order valence-corrected chi connectivity index (χ3v) is 0.322. The molecule has 0 spiro atoms. The Morgan fingerprint density at radius 3 is 2.00 bits per heavy atom. The van der Waals surface area contributed by atoms with E-state index >= 15 is 0 Å². The van der Waals surface area contributed by atoms with E-state index < -0.39 is 0 Å². The van der Waals surface area contributed by atoms with E-state index in [2.05, 4.69) is 6.92 Å². The Labute approximate surface area is 69.4 Å². The van der Waals surface area contributed by atoms with Crippen molar-refractivity contribution in [3.63, 3.8) is 0 Å². The molecule has 0 unspecified atom stereocenters. The molecule has 0 aliphatic heterocycles. The first kappa shape index (κ1) is 16.1. The summed E-state index contributed by atoms with van der Waals surface area (Å²) < 4.78 is 0. The standard InChI is InChI=1S/C4H7O.C2H6O.Zn/c1-2-3-4-5;1-2-3;/h4H,1-3H2;3H,2H2,1H3;/q-1;;. The van der Waals surface area contributed by atoms with E-state index in [1.54, 1.807) is 6.92 Å². The van der Waals surface area contributed by atoms with E-state index in [0.29, 0.717) is 6.42 Å². The van der Waals surface area contributed by atoms with Crippen molar-refractivity contribution < 1.29 is 29.4 Å². The Bertz CT molecular complexity index is 40.0. The molecule has 0 rings (SSSR count). The number of rotatable bonds is 2. The normalized spacial score (nSPS) is 6.11. The Hall–Kier alpha value is 0.253. The molecule has 0 aromatic carbocycles. The molecular formula is C6H13O2Zn-. The summed E-state index contributed by atoms with van der Waals surface area (Å²) in [5.74, 6) is 0. The van der Waals surface area contributed by atoms with Crippen molar-refractivity contribution in [2.24, 2.45) is 0 Å². The van der Waals surface area contributed by atoms with Crippen LogP contribution in [0, 0.1) is 6.92 Å². The molecule has 0 atom stereocenters. The summed E-state index contributed by atoms with van der Waals surface area (Å²) in [6.07, 6.45) is 2.19. The smallest absolute Gasteiger partial charge is 0.117 e. The summed E-state index contributed by atoms with van der Waals surface area (Å²) >= 11 is 0. The third kappa shape index (κ3) is 63.6. The third-order valence-electron chi connectivity index (χ3n) is 0.322. The number of hydrogen-bond donors (Lipinski definition) is 1. The molecule has 0 radical (unpaired) electrons. The second-order valence-corrected chi connectivity index (χ2v) is 1.13. The topological polar surface area (TPSA) is 37.3 Å². The molecule has 0 aliphatic rings. The van der Waals surface area contributed by atoms with Gasteiger partial charge in [0.15, 0.2) is 0 Å². The predicted octanol–water partition coefficient (Wildman–Crippen LogP) is 0.796. The van der Waals surface area contributed by atoms with Crippen molar-refractivity contribution in [1.29, 1.82) is 0 Å². The Balaban J connectivity index is -0.0000000800. The van der Waals surface area contributed by atoms with Crippen LogP contribution in [0.15, 0.2) is 0 Å². The molecule has 0 heterocycles. The van der Waals surface area contributed by atoms with Crippen molar-refractivity contribution in [1.82, 2.24) is 0 Å². The van der Waals surface area contributed by atoms with Crippen LogP contribution in [0.5, 0.6) is 0 Å². The molecule has 0 bridgehead atoms. The molecule has 0 aromatic rings. The summed E-state index contributed by atoms with van der Waals surface area (Å²) in [7, 11) is 0. The van der Waals surface area contributed by atoms with Crippen LogP contribution in [-0.4, -0.2) is 18.0 Å². The van der Waals surface area contributed by atoms with Gasteiger partial charge in [0.05, 0.1) is 0 Å². The minimum absolute atomic E-state index is 0. The van der Waals surface area contributed by atoms with Gasteiger partial charge in [-0.1, -0.05) is 0 Å². The summed E-state index contributed by atoms with van der Waals surface area (Å²) in [6.45, 7) is 5.37. The predicted molar refractivity (Wildman–Crippen MR) is 33.4 cm³/mol. The quantitative estimate of drug-likeness (QED) is 0.390. The second kappa shape index (κ2) is 24.0. The van der Waals surface area contributed by atoms with Crippen LogP contribution in [0.2, 0.25) is 0 Å². The average molecular weight is 183 g/mol. The van der Waals surface area contributed by atoms with Crippen molar-refractivity contribution in [3.05, 3.63) is 6.92 Å². The maximum atomic E-state index is 9.36. The number of hydrogen-bond acceptors (Lipinski definition) is 2. The Kier molecular flexibility index (Phi) is 43.0. The molecule has 52 valence electrons. The van der Waals surface area contributed by atoms with Gasteiger partial charge in [-0.25, -0.2) is 0 Å². The molecule has 9 heavy (non-hydrogen) atoms. The molecule has 0 fully saturated rings. The zero-order valence-electron chi connectivity index (χ0n) is 5.97. The van der Waals surface area contributed by atoms with E-state index in [0.717, 1.165) is 12.7 Å².